The van der Waals surface area contributed by atoms with Gasteiger partial charge in [0, 0.05) is 25.1 Å². The quantitative estimate of drug-likeness (QED) is 0.438. The fraction of sp³-hybridized carbons (Fsp3) is 0.333. The Hall–Kier alpha value is -2.32. The van der Waals surface area contributed by atoms with Gasteiger partial charge >= 0.3 is 11.7 Å². The van der Waals surface area contributed by atoms with E-state index in [-0.39, 0.29) is 18.7 Å². The predicted octanol–water partition coefficient (Wildman–Crippen LogP) is 3.82. The van der Waals surface area contributed by atoms with Crippen LogP contribution in [0.15, 0.2) is 47.3 Å². The highest BCUT2D eigenvalue weighted by molar-refractivity contribution is 8.19. The molecule has 3 aromatic rings. The molecule has 0 N–H and O–H groups in total. The summed E-state index contributed by atoms with van der Waals surface area (Å²) in [6.07, 6.45) is 0.0904. The molecule has 2 aromatic carbocycles. The van der Waals surface area contributed by atoms with E-state index in [4.69, 9.17) is 9.47 Å². The first-order valence-electron chi connectivity index (χ1n) is 9.34. The van der Waals surface area contributed by atoms with Crippen LogP contribution in [0.5, 0.6) is 11.5 Å². The summed E-state index contributed by atoms with van der Waals surface area (Å²) in [4.78, 5) is 24.9. The molecule has 0 aliphatic carbocycles. The summed E-state index contributed by atoms with van der Waals surface area (Å²) in [5.41, 5.74) is 2.66. The van der Waals surface area contributed by atoms with E-state index >= 15 is 0 Å². The second-order valence-corrected chi connectivity index (χ2v) is 9.41. The topological polar surface area (TPSA) is 62.5 Å². The van der Waals surface area contributed by atoms with E-state index in [1.807, 2.05) is 59.9 Å². The summed E-state index contributed by atoms with van der Waals surface area (Å²) in [6.45, 7) is 0.259. The molecule has 2 heterocycles. The normalized spacial score (nSPS) is 14.4. The number of hydrogen-bond donors (Lipinski definition) is 0. The number of thioether (sulfide) groups is 2. The highest BCUT2D eigenvalue weighted by atomic mass is 32.2. The summed E-state index contributed by atoms with van der Waals surface area (Å²) in [5, 5.41) is 0. The molecule has 0 spiro atoms. The molecule has 1 aliphatic rings. The lowest BCUT2D eigenvalue weighted by Crippen LogP contribution is -2.24. The smallest absolute Gasteiger partial charge is 0.328 e. The molecule has 4 rings (SSSR count). The van der Waals surface area contributed by atoms with E-state index in [0.717, 1.165) is 28.1 Å². The zero-order valence-electron chi connectivity index (χ0n) is 16.3. The number of para-hydroxylation sites is 2. The van der Waals surface area contributed by atoms with Crippen LogP contribution < -0.4 is 15.2 Å². The maximum absolute atomic E-state index is 12.5. The van der Waals surface area contributed by atoms with Gasteiger partial charge in [0.05, 0.1) is 29.1 Å². The monoisotopic (exact) mass is 430 g/mol. The Morgan fingerprint density at radius 1 is 1.10 bits per heavy atom. The molecule has 0 amide bonds. The summed E-state index contributed by atoms with van der Waals surface area (Å²) < 4.78 is 14.6. The van der Waals surface area contributed by atoms with E-state index in [0.29, 0.717) is 16.1 Å². The van der Waals surface area contributed by atoms with Gasteiger partial charge in [0.1, 0.15) is 0 Å². The van der Waals surface area contributed by atoms with Gasteiger partial charge in [-0.2, -0.15) is 0 Å². The molecule has 0 saturated carbocycles. The maximum Gasteiger partial charge on any atom is 0.328 e. The number of aryl methyl sites for hydroxylation is 2. The first-order chi connectivity index (χ1) is 14.1. The van der Waals surface area contributed by atoms with Gasteiger partial charge in [-0.1, -0.05) is 18.2 Å². The number of rotatable bonds is 6. The molecule has 0 unspecified atom stereocenters. The fourth-order valence-corrected chi connectivity index (χ4v) is 6.26. The summed E-state index contributed by atoms with van der Waals surface area (Å²) in [6, 6.07) is 13.2. The minimum atomic E-state index is -0.402. The lowest BCUT2D eigenvalue weighted by atomic mass is 10.2. The fourth-order valence-electron chi connectivity index (χ4n) is 3.42. The van der Waals surface area contributed by atoms with Crippen LogP contribution in [0.2, 0.25) is 0 Å². The molecular formula is C21H22N2O4S2. The molecule has 152 valence electrons. The summed E-state index contributed by atoms with van der Waals surface area (Å²) in [5.74, 6) is 2.83. The van der Waals surface area contributed by atoms with Gasteiger partial charge in [0.25, 0.3) is 0 Å². The van der Waals surface area contributed by atoms with Crippen molar-refractivity contribution in [2.24, 2.45) is 7.05 Å². The van der Waals surface area contributed by atoms with Crippen LogP contribution in [0.1, 0.15) is 16.6 Å². The number of nitrogens with zero attached hydrogens (tertiary/aromatic N) is 2. The van der Waals surface area contributed by atoms with Gasteiger partial charge in [0.2, 0.25) is 0 Å². The molecule has 29 heavy (non-hydrogen) atoms. The Labute approximate surface area is 177 Å². The Balaban J connectivity index is 1.46. The second kappa shape index (κ2) is 8.59. The van der Waals surface area contributed by atoms with Crippen LogP contribution in [0.3, 0.4) is 0 Å². The molecule has 0 atom stereocenters. The van der Waals surface area contributed by atoms with E-state index in [9.17, 15) is 9.59 Å². The molecule has 0 radical (unpaired) electrons. The van der Waals surface area contributed by atoms with Crippen molar-refractivity contribution in [3.63, 3.8) is 0 Å². The van der Waals surface area contributed by atoms with E-state index in [1.165, 1.54) is 0 Å². The number of esters is 1. The first kappa shape index (κ1) is 20.0. The van der Waals surface area contributed by atoms with Crippen molar-refractivity contribution in [2.45, 2.75) is 17.5 Å². The minimum Gasteiger partial charge on any atom is -0.493 e. The van der Waals surface area contributed by atoms with Crippen molar-refractivity contribution < 1.29 is 14.3 Å². The largest absolute Gasteiger partial charge is 0.493 e. The molecule has 1 fully saturated rings. The standard InChI is InChI=1S/C21H22N2O4S2/c1-22-15-5-3-4-6-16(15)23(21(22)25)10-9-19(24)27-17-8-7-14(13-18(17)26-2)20-28-11-12-29-20/h3-8,13,20H,9-12H2,1-2H3. The first-order valence-corrected chi connectivity index (χ1v) is 11.4. The van der Waals surface area contributed by atoms with Crippen molar-refractivity contribution in [3.05, 3.63) is 58.5 Å². The molecule has 8 heteroatoms. The number of methoxy groups -OCH3 is 1. The van der Waals surface area contributed by atoms with Gasteiger partial charge in [-0.05, 0) is 29.8 Å². The summed E-state index contributed by atoms with van der Waals surface area (Å²) >= 11 is 3.82. The number of hydrogen-bond acceptors (Lipinski definition) is 6. The third-order valence-electron chi connectivity index (χ3n) is 4.90. The van der Waals surface area contributed by atoms with E-state index in [2.05, 4.69) is 0 Å². The highest BCUT2D eigenvalue weighted by Crippen LogP contribution is 2.46. The number of fused-ring (bicyclic) bond motifs is 1. The zero-order valence-corrected chi connectivity index (χ0v) is 17.9. The second-order valence-electron chi connectivity index (χ2n) is 6.69. The predicted molar refractivity (Wildman–Crippen MR) is 118 cm³/mol. The Morgan fingerprint density at radius 3 is 2.55 bits per heavy atom. The lowest BCUT2D eigenvalue weighted by molar-refractivity contribution is -0.134. The minimum absolute atomic E-state index is 0.0904. The molecule has 1 saturated heterocycles. The van der Waals surface area contributed by atoms with Crippen molar-refractivity contribution in [2.75, 3.05) is 18.6 Å². The van der Waals surface area contributed by atoms with Crippen molar-refractivity contribution in [3.8, 4) is 11.5 Å². The van der Waals surface area contributed by atoms with Crippen molar-refractivity contribution in [1.29, 1.82) is 0 Å². The number of carbonyl (C=O) groups is 1. The average molecular weight is 431 g/mol. The number of ether oxygens (including phenoxy) is 2. The van der Waals surface area contributed by atoms with Crippen LogP contribution in [0, 0.1) is 0 Å². The van der Waals surface area contributed by atoms with Crippen molar-refractivity contribution >= 4 is 40.5 Å². The Bertz CT molecular complexity index is 1100. The number of benzene rings is 2. The van der Waals surface area contributed by atoms with Gasteiger partial charge in [-0.3, -0.25) is 13.9 Å². The molecule has 6 nitrogen and oxygen atoms in total. The van der Waals surface area contributed by atoms with Crippen LogP contribution in [0.4, 0.5) is 0 Å². The Morgan fingerprint density at radius 2 is 1.83 bits per heavy atom. The third kappa shape index (κ3) is 4.04. The van der Waals surface area contributed by atoms with Crippen LogP contribution in [-0.4, -0.2) is 33.7 Å². The van der Waals surface area contributed by atoms with Crippen LogP contribution in [0.25, 0.3) is 11.0 Å². The van der Waals surface area contributed by atoms with Crippen LogP contribution >= 0.6 is 23.5 Å². The molecule has 0 bridgehead atoms. The Kier molecular flexibility index (Phi) is 5.91. The number of imidazole rings is 1. The summed E-state index contributed by atoms with van der Waals surface area (Å²) in [7, 11) is 3.30. The van der Waals surface area contributed by atoms with Gasteiger partial charge < -0.3 is 9.47 Å². The van der Waals surface area contributed by atoms with Crippen molar-refractivity contribution in [1.82, 2.24) is 9.13 Å². The van der Waals surface area contributed by atoms with E-state index in [1.54, 1.807) is 29.4 Å². The van der Waals surface area contributed by atoms with E-state index < -0.39 is 5.97 Å². The van der Waals surface area contributed by atoms with Gasteiger partial charge in [-0.25, -0.2) is 4.79 Å². The zero-order chi connectivity index (χ0) is 20.4. The van der Waals surface area contributed by atoms with Gasteiger partial charge in [0.15, 0.2) is 11.5 Å². The number of carbonyl (C=O) groups excluding carboxylic acids is 1. The maximum atomic E-state index is 12.5. The molecular weight excluding hydrogens is 408 g/mol. The average Bonchev–Trinajstić information content (AvgIpc) is 3.35. The SMILES string of the molecule is COc1cc(C2SCCS2)ccc1OC(=O)CCn1c(=O)n(C)c2ccccc21. The number of aromatic nitrogens is 2. The molecule has 1 aliphatic heterocycles. The third-order valence-corrected chi connectivity index (χ3v) is 8.00. The lowest BCUT2D eigenvalue weighted by Gasteiger charge is -2.13. The van der Waals surface area contributed by atoms with Crippen LogP contribution in [-0.2, 0) is 18.4 Å². The highest BCUT2D eigenvalue weighted by Gasteiger charge is 2.21. The van der Waals surface area contributed by atoms with Gasteiger partial charge in [-0.15, -0.1) is 23.5 Å². The molecule has 1 aromatic heterocycles.